The van der Waals surface area contributed by atoms with Crippen molar-refractivity contribution in [2.45, 2.75) is 0 Å². The average molecular weight is 292 g/mol. The van der Waals surface area contributed by atoms with Crippen molar-refractivity contribution in [1.82, 2.24) is 4.98 Å². The van der Waals surface area contributed by atoms with Gasteiger partial charge in [0, 0.05) is 37.6 Å². The summed E-state index contributed by atoms with van der Waals surface area (Å²) in [7, 11) is 3.25. The summed E-state index contributed by atoms with van der Waals surface area (Å²) in [5, 5.41) is 0.837. The average Bonchev–Trinajstić information content (AvgIpc) is 2.49. The molecule has 2 rings (SSSR count). The number of aromatic nitrogens is 1. The molecule has 6 nitrogen and oxygen atoms in total. The third kappa shape index (κ3) is 3.96. The number of anilines is 1. The Kier molecular flexibility index (Phi) is 5.59. The van der Waals surface area contributed by atoms with Crippen LogP contribution in [0.2, 0.25) is 0 Å². The number of hydrogen-bond donors (Lipinski definition) is 1. The largest absolute Gasteiger partial charge is 0.487 e. The first kappa shape index (κ1) is 15.3. The first-order chi connectivity index (χ1) is 10.3. The molecule has 0 radical (unpaired) electrons. The number of fused-ring (bicyclic) bond motifs is 1. The van der Waals surface area contributed by atoms with Crippen LogP contribution in [-0.4, -0.2) is 45.6 Å². The maximum Gasteiger partial charge on any atom is 0.163 e. The minimum absolute atomic E-state index is 0.433. The van der Waals surface area contributed by atoms with Crippen LogP contribution in [0.3, 0.4) is 0 Å². The first-order valence-corrected chi connectivity index (χ1v) is 6.68. The van der Waals surface area contributed by atoms with E-state index >= 15 is 0 Å². The minimum Gasteiger partial charge on any atom is -0.487 e. The number of hydrogen-bond acceptors (Lipinski definition) is 6. The number of nitrogens with two attached hydrogens (primary N) is 1. The maximum atomic E-state index is 5.97. The van der Waals surface area contributed by atoms with Gasteiger partial charge in [-0.1, -0.05) is 0 Å². The molecule has 0 saturated heterocycles. The monoisotopic (exact) mass is 292 g/mol. The number of benzene rings is 1. The Hall–Kier alpha value is -2.05. The predicted octanol–water partition coefficient (Wildman–Crippen LogP) is 1.87. The fraction of sp³-hybridized carbons (Fsp3) is 0.400. The highest BCUT2D eigenvalue weighted by molar-refractivity contribution is 5.92. The molecule has 2 N–H and O–H groups in total. The zero-order valence-corrected chi connectivity index (χ0v) is 12.3. The van der Waals surface area contributed by atoms with Crippen LogP contribution in [0.5, 0.6) is 11.5 Å². The Bertz CT molecular complexity index is 589. The van der Waals surface area contributed by atoms with Gasteiger partial charge in [-0.25, -0.2) is 0 Å². The molecule has 21 heavy (non-hydrogen) atoms. The zero-order valence-electron chi connectivity index (χ0n) is 12.3. The van der Waals surface area contributed by atoms with Gasteiger partial charge in [-0.3, -0.25) is 4.98 Å². The lowest BCUT2D eigenvalue weighted by Gasteiger charge is -2.14. The molecule has 0 saturated carbocycles. The summed E-state index contributed by atoms with van der Waals surface area (Å²) in [4.78, 5) is 4.30. The lowest BCUT2D eigenvalue weighted by Crippen LogP contribution is -2.08. The van der Waals surface area contributed by atoms with Crippen molar-refractivity contribution in [2.24, 2.45) is 0 Å². The van der Waals surface area contributed by atoms with Crippen molar-refractivity contribution in [3.63, 3.8) is 0 Å². The van der Waals surface area contributed by atoms with E-state index in [4.69, 9.17) is 24.7 Å². The summed E-state index contributed by atoms with van der Waals surface area (Å²) < 4.78 is 21.4. The number of nitrogens with zero attached hydrogens (tertiary/aromatic N) is 1. The summed E-state index contributed by atoms with van der Waals surface area (Å²) >= 11 is 0. The summed E-state index contributed by atoms with van der Waals surface area (Å²) in [5.74, 6) is 1.24. The third-order valence-electron chi connectivity index (χ3n) is 2.93. The molecule has 0 unspecified atom stereocenters. The van der Waals surface area contributed by atoms with Crippen molar-refractivity contribution in [1.29, 1.82) is 0 Å². The van der Waals surface area contributed by atoms with Crippen LogP contribution in [-0.2, 0) is 9.47 Å². The van der Waals surface area contributed by atoms with Crippen LogP contribution < -0.4 is 15.2 Å². The van der Waals surface area contributed by atoms with Gasteiger partial charge >= 0.3 is 0 Å². The first-order valence-electron chi connectivity index (χ1n) is 6.68. The molecule has 0 fully saturated rings. The van der Waals surface area contributed by atoms with Gasteiger partial charge in [0.2, 0.25) is 0 Å². The fourth-order valence-electron chi connectivity index (χ4n) is 1.87. The number of nitrogen functional groups attached to an aromatic ring is 1. The Labute approximate surface area is 123 Å². The van der Waals surface area contributed by atoms with Crippen molar-refractivity contribution in [3.8, 4) is 11.5 Å². The quantitative estimate of drug-likeness (QED) is 0.749. The highest BCUT2D eigenvalue weighted by Crippen LogP contribution is 2.34. The van der Waals surface area contributed by atoms with E-state index in [1.807, 2.05) is 12.1 Å². The molecule has 0 bridgehead atoms. The van der Waals surface area contributed by atoms with Gasteiger partial charge in [-0.2, -0.15) is 0 Å². The normalized spacial score (nSPS) is 10.8. The molecule has 6 heteroatoms. The number of methoxy groups -OCH3 is 2. The van der Waals surface area contributed by atoms with Crippen molar-refractivity contribution < 1.29 is 18.9 Å². The van der Waals surface area contributed by atoms with Gasteiger partial charge in [-0.15, -0.1) is 0 Å². The molecule has 0 amide bonds. The molecule has 0 aliphatic carbocycles. The second-order valence-corrected chi connectivity index (χ2v) is 4.40. The fourth-order valence-corrected chi connectivity index (χ4v) is 1.87. The molecule has 0 aliphatic heterocycles. The van der Waals surface area contributed by atoms with E-state index < -0.39 is 0 Å². The van der Waals surface area contributed by atoms with Gasteiger partial charge < -0.3 is 24.7 Å². The summed E-state index contributed by atoms with van der Waals surface area (Å²) in [5.41, 5.74) is 7.39. The van der Waals surface area contributed by atoms with Gasteiger partial charge in [0.15, 0.2) is 11.5 Å². The van der Waals surface area contributed by atoms with Crippen LogP contribution in [0, 0.1) is 0 Å². The predicted molar refractivity (Wildman–Crippen MR) is 80.9 cm³/mol. The molecule has 0 aliphatic rings. The van der Waals surface area contributed by atoms with E-state index in [0.29, 0.717) is 43.6 Å². The van der Waals surface area contributed by atoms with E-state index in [1.165, 1.54) is 0 Å². The van der Waals surface area contributed by atoms with Gasteiger partial charge in [0.1, 0.15) is 13.2 Å². The molecular weight excluding hydrogens is 272 g/mol. The molecular formula is C15H20N2O4. The topological polar surface area (TPSA) is 75.8 Å². The maximum absolute atomic E-state index is 5.97. The molecule has 2 aromatic rings. The van der Waals surface area contributed by atoms with Crippen molar-refractivity contribution >= 4 is 16.6 Å². The van der Waals surface area contributed by atoms with Crippen molar-refractivity contribution in [2.75, 3.05) is 46.4 Å². The Morgan fingerprint density at radius 2 is 1.57 bits per heavy atom. The zero-order chi connectivity index (χ0) is 15.1. The number of ether oxygens (including phenoxy) is 4. The standard InChI is InChI=1S/C15H20N2O4/c1-18-5-7-20-14-9-11-12(16)3-4-17-13(11)10-15(14)21-8-6-19-2/h3-4,9-10H,5-8H2,1-2H3,(H2,16,17). The smallest absolute Gasteiger partial charge is 0.163 e. The van der Waals surface area contributed by atoms with E-state index in [1.54, 1.807) is 26.5 Å². The third-order valence-corrected chi connectivity index (χ3v) is 2.93. The van der Waals surface area contributed by atoms with Crippen LogP contribution in [0.25, 0.3) is 10.9 Å². The highest BCUT2D eigenvalue weighted by atomic mass is 16.5. The number of pyridine rings is 1. The number of rotatable bonds is 8. The van der Waals surface area contributed by atoms with Crippen molar-refractivity contribution in [3.05, 3.63) is 24.4 Å². The summed E-state index contributed by atoms with van der Waals surface area (Å²) in [6, 6.07) is 5.42. The molecule has 1 heterocycles. The lowest BCUT2D eigenvalue weighted by atomic mass is 10.1. The van der Waals surface area contributed by atoms with E-state index in [-0.39, 0.29) is 0 Å². The lowest BCUT2D eigenvalue weighted by molar-refractivity contribution is 0.132. The second-order valence-electron chi connectivity index (χ2n) is 4.40. The van der Waals surface area contributed by atoms with Gasteiger partial charge in [0.25, 0.3) is 0 Å². The van der Waals surface area contributed by atoms with Gasteiger partial charge in [0.05, 0.1) is 18.7 Å². The van der Waals surface area contributed by atoms with E-state index in [0.717, 1.165) is 10.9 Å². The summed E-state index contributed by atoms with van der Waals surface area (Å²) in [6.45, 7) is 1.87. The van der Waals surface area contributed by atoms with Crippen LogP contribution >= 0.6 is 0 Å². The van der Waals surface area contributed by atoms with Crippen LogP contribution in [0.4, 0.5) is 5.69 Å². The minimum atomic E-state index is 0.433. The molecule has 1 aromatic carbocycles. The summed E-state index contributed by atoms with van der Waals surface area (Å²) in [6.07, 6.45) is 1.67. The molecule has 1 aromatic heterocycles. The SMILES string of the molecule is COCCOc1cc2nccc(N)c2cc1OCCOC. The van der Waals surface area contributed by atoms with E-state index in [2.05, 4.69) is 4.98 Å². The molecule has 0 spiro atoms. The highest BCUT2D eigenvalue weighted by Gasteiger charge is 2.10. The Balaban J connectivity index is 2.29. The van der Waals surface area contributed by atoms with E-state index in [9.17, 15) is 0 Å². The second kappa shape index (κ2) is 7.66. The van der Waals surface area contributed by atoms with Crippen LogP contribution in [0.15, 0.2) is 24.4 Å². The van der Waals surface area contributed by atoms with Crippen LogP contribution in [0.1, 0.15) is 0 Å². The molecule has 0 atom stereocenters. The molecule has 114 valence electrons. The Morgan fingerprint density at radius 1 is 0.952 bits per heavy atom. The van der Waals surface area contributed by atoms with Gasteiger partial charge in [-0.05, 0) is 12.1 Å². The Morgan fingerprint density at radius 3 is 2.19 bits per heavy atom.